The van der Waals surface area contributed by atoms with Crippen LogP contribution in [0.15, 0.2) is 18.3 Å². The van der Waals surface area contributed by atoms with Crippen LogP contribution in [0.1, 0.15) is 5.56 Å². The summed E-state index contributed by atoms with van der Waals surface area (Å²) < 4.78 is 35.8. The third kappa shape index (κ3) is 1.98. The first kappa shape index (κ1) is 9.06. The summed E-state index contributed by atoms with van der Waals surface area (Å²) in [6.07, 6.45) is 0.774. The molecule has 63 valence electrons. The summed E-state index contributed by atoms with van der Waals surface area (Å²) in [7, 11) is 0. The van der Waals surface area contributed by atoms with Gasteiger partial charge in [0, 0.05) is 11.8 Å². The minimum absolute atomic E-state index is 0.0103. The number of hydrogen-bond donors (Lipinski definition) is 0. The van der Waals surface area contributed by atoms with Gasteiger partial charge in [0.05, 0.1) is 5.02 Å². The van der Waals surface area contributed by atoms with Gasteiger partial charge in [0.1, 0.15) is 6.20 Å². The third-order valence-corrected chi connectivity index (χ3v) is 1.27. The number of hydrogen-bond acceptors (Lipinski definition) is 1. The summed E-state index contributed by atoms with van der Waals surface area (Å²) in [5.41, 5.74) is -0.348. The Labute approximate surface area is 71.5 Å². The SMILES string of the molecule is FC(F)=C(F)c1cn[c]c(Cl)c1. The molecule has 1 aromatic heterocycles. The maximum Gasteiger partial charge on any atom is 0.306 e. The second-order valence-electron chi connectivity index (χ2n) is 1.89. The molecule has 0 N–H and O–H groups in total. The second-order valence-corrected chi connectivity index (χ2v) is 2.30. The summed E-state index contributed by atoms with van der Waals surface area (Å²) in [4.78, 5) is 3.32. The zero-order chi connectivity index (χ0) is 9.14. The topological polar surface area (TPSA) is 12.9 Å². The molecule has 1 aromatic rings. The van der Waals surface area contributed by atoms with Crippen LogP contribution in [-0.4, -0.2) is 4.98 Å². The molecule has 0 aliphatic heterocycles. The molecule has 1 rings (SSSR count). The van der Waals surface area contributed by atoms with Crippen molar-refractivity contribution in [2.24, 2.45) is 0 Å². The van der Waals surface area contributed by atoms with Gasteiger partial charge in [0.2, 0.25) is 0 Å². The van der Waals surface area contributed by atoms with Crippen LogP contribution in [0.3, 0.4) is 0 Å². The first-order valence-electron chi connectivity index (χ1n) is 2.85. The van der Waals surface area contributed by atoms with E-state index in [4.69, 9.17) is 11.6 Å². The lowest BCUT2D eigenvalue weighted by Crippen LogP contribution is -1.82. The Morgan fingerprint density at radius 1 is 1.42 bits per heavy atom. The molecule has 0 unspecified atom stereocenters. The first-order valence-corrected chi connectivity index (χ1v) is 3.23. The van der Waals surface area contributed by atoms with E-state index in [1.165, 1.54) is 0 Å². The fraction of sp³-hybridized carbons (Fsp3) is 0. The number of halogens is 4. The normalized spacial score (nSPS) is 9.67. The average Bonchev–Trinajstić information content (AvgIpc) is 2.03. The molecule has 0 atom stereocenters. The molecule has 0 fully saturated rings. The van der Waals surface area contributed by atoms with Crippen LogP contribution in [0, 0.1) is 6.20 Å². The highest BCUT2D eigenvalue weighted by Crippen LogP contribution is 2.22. The molecule has 0 spiro atoms. The molecule has 0 aromatic carbocycles. The quantitative estimate of drug-likeness (QED) is 0.666. The van der Waals surface area contributed by atoms with Gasteiger partial charge in [-0.15, -0.1) is 0 Å². The van der Waals surface area contributed by atoms with Crippen molar-refractivity contribution in [3.63, 3.8) is 0 Å². The van der Waals surface area contributed by atoms with E-state index < -0.39 is 11.9 Å². The van der Waals surface area contributed by atoms with Gasteiger partial charge in [0.15, 0.2) is 5.83 Å². The molecule has 0 saturated carbocycles. The molecule has 0 aliphatic carbocycles. The minimum atomic E-state index is -2.39. The zero-order valence-electron chi connectivity index (χ0n) is 5.61. The predicted molar refractivity (Wildman–Crippen MR) is 38.3 cm³/mol. The van der Waals surface area contributed by atoms with E-state index in [9.17, 15) is 13.2 Å². The number of aromatic nitrogens is 1. The van der Waals surface area contributed by atoms with Crippen LogP contribution in [0.4, 0.5) is 13.2 Å². The monoisotopic (exact) mass is 192 g/mol. The number of rotatable bonds is 1. The molecular formula is C7H2ClF3N. The molecule has 0 aliphatic rings. The Morgan fingerprint density at radius 3 is 2.58 bits per heavy atom. The Bertz CT molecular complexity index is 320. The van der Waals surface area contributed by atoms with E-state index in [-0.39, 0.29) is 10.6 Å². The van der Waals surface area contributed by atoms with Gasteiger partial charge in [-0.3, -0.25) is 4.98 Å². The molecule has 12 heavy (non-hydrogen) atoms. The van der Waals surface area contributed by atoms with Crippen molar-refractivity contribution < 1.29 is 13.2 Å². The van der Waals surface area contributed by atoms with Crippen molar-refractivity contribution in [1.82, 2.24) is 4.98 Å². The Morgan fingerprint density at radius 2 is 2.08 bits per heavy atom. The maximum absolute atomic E-state index is 12.5. The smallest absolute Gasteiger partial charge is 0.252 e. The summed E-state index contributed by atoms with van der Waals surface area (Å²) in [6.45, 7) is 0. The molecule has 0 bridgehead atoms. The first-order chi connectivity index (χ1) is 5.61. The summed E-state index contributed by atoms with van der Waals surface area (Å²) in [6, 6.07) is 1.02. The van der Waals surface area contributed by atoms with Crippen molar-refractivity contribution in [3.05, 3.63) is 35.1 Å². The highest BCUT2D eigenvalue weighted by molar-refractivity contribution is 6.30. The minimum Gasteiger partial charge on any atom is -0.252 e. The highest BCUT2D eigenvalue weighted by Gasteiger charge is 2.08. The molecule has 1 heterocycles. The van der Waals surface area contributed by atoms with Crippen molar-refractivity contribution in [2.45, 2.75) is 0 Å². The van der Waals surface area contributed by atoms with Crippen molar-refractivity contribution >= 4 is 17.4 Å². The lowest BCUT2D eigenvalue weighted by atomic mass is 10.3. The van der Waals surface area contributed by atoms with Crippen LogP contribution in [0.25, 0.3) is 5.83 Å². The van der Waals surface area contributed by atoms with Crippen LogP contribution in [0.5, 0.6) is 0 Å². The van der Waals surface area contributed by atoms with Gasteiger partial charge in [0.25, 0.3) is 0 Å². The average molecular weight is 193 g/mol. The van der Waals surface area contributed by atoms with E-state index in [2.05, 4.69) is 11.2 Å². The van der Waals surface area contributed by atoms with E-state index in [1.807, 2.05) is 0 Å². The van der Waals surface area contributed by atoms with Crippen molar-refractivity contribution in [3.8, 4) is 0 Å². The molecular weight excluding hydrogens is 191 g/mol. The van der Waals surface area contributed by atoms with E-state index in [1.54, 1.807) is 0 Å². The van der Waals surface area contributed by atoms with Gasteiger partial charge in [-0.2, -0.15) is 8.78 Å². The van der Waals surface area contributed by atoms with E-state index in [0.717, 1.165) is 12.3 Å². The highest BCUT2D eigenvalue weighted by atomic mass is 35.5. The van der Waals surface area contributed by atoms with Gasteiger partial charge in [-0.25, -0.2) is 4.39 Å². The van der Waals surface area contributed by atoms with Crippen molar-refractivity contribution in [1.29, 1.82) is 0 Å². The lowest BCUT2D eigenvalue weighted by molar-refractivity contribution is 0.410. The maximum atomic E-state index is 12.5. The largest absolute Gasteiger partial charge is 0.306 e. The van der Waals surface area contributed by atoms with Crippen molar-refractivity contribution in [2.75, 3.05) is 0 Å². The zero-order valence-corrected chi connectivity index (χ0v) is 6.37. The van der Waals surface area contributed by atoms with Gasteiger partial charge < -0.3 is 0 Å². The van der Waals surface area contributed by atoms with Gasteiger partial charge in [-0.05, 0) is 6.07 Å². The molecule has 1 nitrogen and oxygen atoms in total. The summed E-state index contributed by atoms with van der Waals surface area (Å²) in [5, 5.41) is -0.0103. The predicted octanol–water partition coefficient (Wildman–Crippen LogP) is 3.07. The second kappa shape index (κ2) is 3.58. The van der Waals surface area contributed by atoms with Crippen LogP contribution >= 0.6 is 11.6 Å². The summed E-state index contributed by atoms with van der Waals surface area (Å²) >= 11 is 5.34. The number of nitrogens with zero attached hydrogens (tertiary/aromatic N) is 1. The molecule has 0 saturated heterocycles. The number of pyridine rings is 1. The summed E-state index contributed by atoms with van der Waals surface area (Å²) in [5.74, 6) is -1.61. The van der Waals surface area contributed by atoms with Crippen LogP contribution < -0.4 is 0 Å². The Balaban J connectivity index is 3.13. The van der Waals surface area contributed by atoms with Gasteiger partial charge in [-0.1, -0.05) is 11.6 Å². The molecule has 1 radical (unpaired) electrons. The Hall–Kier alpha value is -1.03. The van der Waals surface area contributed by atoms with E-state index in [0.29, 0.717) is 0 Å². The van der Waals surface area contributed by atoms with Crippen LogP contribution in [0.2, 0.25) is 5.02 Å². The third-order valence-electron chi connectivity index (χ3n) is 1.08. The fourth-order valence-corrected chi connectivity index (χ4v) is 0.765. The lowest BCUT2D eigenvalue weighted by Gasteiger charge is -1.94. The Kier molecular flexibility index (Phi) is 2.70. The van der Waals surface area contributed by atoms with E-state index >= 15 is 0 Å². The standard InChI is InChI=1S/C7H2ClF3N/c8-5-1-4(2-12-3-5)6(9)7(10)11/h1-2H. The molecule has 5 heteroatoms. The van der Waals surface area contributed by atoms with Gasteiger partial charge >= 0.3 is 6.08 Å². The molecule has 0 amide bonds. The fourth-order valence-electron chi connectivity index (χ4n) is 0.599. The van der Waals surface area contributed by atoms with Crippen LogP contribution in [-0.2, 0) is 0 Å².